The molecule has 0 aliphatic carbocycles. The number of nitrogens with zero attached hydrogens (tertiary/aromatic N) is 4. The van der Waals surface area contributed by atoms with Gasteiger partial charge in [0, 0.05) is 50.0 Å². The molecule has 0 bridgehead atoms. The molecule has 1 aliphatic rings. The van der Waals surface area contributed by atoms with Crippen molar-refractivity contribution in [3.05, 3.63) is 64.0 Å². The summed E-state index contributed by atoms with van der Waals surface area (Å²) in [6.07, 6.45) is 0. The topological polar surface area (TPSA) is 53.6 Å². The lowest BCUT2D eigenvalue weighted by atomic mass is 10.2. The number of aliphatic hydroxyl groups is 1. The molecule has 1 saturated heterocycles. The van der Waals surface area contributed by atoms with Crippen LogP contribution < -0.4 is 10.6 Å². The summed E-state index contributed by atoms with van der Waals surface area (Å²) in [5, 5.41) is 10.1. The van der Waals surface area contributed by atoms with Crippen LogP contribution in [0.3, 0.4) is 0 Å². The Kier molecular flexibility index (Phi) is 5.71. The van der Waals surface area contributed by atoms with Crippen molar-refractivity contribution in [2.24, 2.45) is 0 Å². The molecular formula is C21H25ClN4O2. The molecule has 0 unspecified atom stereocenters. The van der Waals surface area contributed by atoms with Crippen LogP contribution >= 0.6 is 11.6 Å². The minimum absolute atomic E-state index is 0.0423. The predicted octanol–water partition coefficient (Wildman–Crippen LogP) is 2.27. The van der Waals surface area contributed by atoms with E-state index in [9.17, 15) is 9.90 Å². The molecule has 1 N–H and O–H groups in total. The fourth-order valence-electron chi connectivity index (χ4n) is 3.95. The van der Waals surface area contributed by atoms with Crippen molar-refractivity contribution in [2.75, 3.05) is 44.2 Å². The fraction of sp³-hybridized carbons (Fsp3) is 0.381. The highest BCUT2D eigenvalue weighted by Gasteiger charge is 2.18. The van der Waals surface area contributed by atoms with Gasteiger partial charge in [-0.15, -0.1) is 0 Å². The number of aliphatic hydroxyl groups excluding tert-OH is 1. The van der Waals surface area contributed by atoms with Crippen molar-refractivity contribution in [3.63, 3.8) is 0 Å². The van der Waals surface area contributed by atoms with Gasteiger partial charge in [-0.2, -0.15) is 0 Å². The first-order chi connectivity index (χ1) is 13.7. The highest BCUT2D eigenvalue weighted by molar-refractivity contribution is 6.30. The molecular weight excluding hydrogens is 376 g/mol. The summed E-state index contributed by atoms with van der Waals surface area (Å²) >= 11 is 6.11. The van der Waals surface area contributed by atoms with E-state index in [2.05, 4.69) is 15.9 Å². The minimum atomic E-state index is -0.0483. The largest absolute Gasteiger partial charge is 0.395 e. The Morgan fingerprint density at radius 3 is 2.18 bits per heavy atom. The summed E-state index contributed by atoms with van der Waals surface area (Å²) < 4.78 is 3.49. The van der Waals surface area contributed by atoms with Gasteiger partial charge >= 0.3 is 5.69 Å². The van der Waals surface area contributed by atoms with Crippen molar-refractivity contribution in [1.82, 2.24) is 14.0 Å². The lowest BCUT2D eigenvalue weighted by Crippen LogP contribution is -2.47. The fourth-order valence-corrected chi connectivity index (χ4v) is 4.13. The van der Waals surface area contributed by atoms with Gasteiger partial charge < -0.3 is 10.0 Å². The maximum atomic E-state index is 12.8. The highest BCUT2D eigenvalue weighted by atomic mass is 35.5. The SMILES string of the molecule is O=c1n(CCO)c2ccccc2n1CCN1CCN(c2cccc(Cl)c2)CC1. The quantitative estimate of drug-likeness (QED) is 0.689. The predicted molar refractivity (Wildman–Crippen MR) is 113 cm³/mol. The summed E-state index contributed by atoms with van der Waals surface area (Å²) in [6, 6.07) is 15.8. The zero-order chi connectivity index (χ0) is 19.5. The molecule has 0 saturated carbocycles. The van der Waals surface area contributed by atoms with E-state index in [-0.39, 0.29) is 12.3 Å². The Labute approximate surface area is 169 Å². The molecule has 1 fully saturated rings. The minimum Gasteiger partial charge on any atom is -0.395 e. The van der Waals surface area contributed by atoms with E-state index in [1.54, 1.807) is 4.57 Å². The van der Waals surface area contributed by atoms with Crippen molar-refractivity contribution < 1.29 is 5.11 Å². The molecule has 2 aromatic carbocycles. The van der Waals surface area contributed by atoms with Gasteiger partial charge in [0.2, 0.25) is 0 Å². The first-order valence-corrected chi connectivity index (χ1v) is 10.1. The standard InChI is InChI=1S/C21H25ClN4O2/c22-17-4-3-5-18(16-17)24-11-8-23(9-12-24)10-13-25-19-6-1-2-7-20(19)26(14-15-27)21(25)28/h1-7,16,27H,8-15H2. The summed E-state index contributed by atoms with van der Waals surface area (Å²) in [4.78, 5) is 17.5. The lowest BCUT2D eigenvalue weighted by molar-refractivity contribution is 0.247. The second-order valence-electron chi connectivity index (χ2n) is 7.11. The van der Waals surface area contributed by atoms with Gasteiger partial charge in [-0.3, -0.25) is 14.0 Å². The third-order valence-electron chi connectivity index (χ3n) is 5.43. The van der Waals surface area contributed by atoms with E-state index in [1.165, 1.54) is 0 Å². The molecule has 6 nitrogen and oxygen atoms in total. The van der Waals surface area contributed by atoms with Crippen LogP contribution in [-0.4, -0.2) is 58.5 Å². The second-order valence-corrected chi connectivity index (χ2v) is 7.54. The lowest BCUT2D eigenvalue weighted by Gasteiger charge is -2.36. The van der Waals surface area contributed by atoms with Crippen LogP contribution in [0, 0.1) is 0 Å². The van der Waals surface area contributed by atoms with Crippen LogP contribution in [0.5, 0.6) is 0 Å². The van der Waals surface area contributed by atoms with Gasteiger partial charge in [0.1, 0.15) is 0 Å². The third-order valence-corrected chi connectivity index (χ3v) is 5.67. The number of rotatable bonds is 6. The van der Waals surface area contributed by atoms with E-state index in [0.29, 0.717) is 13.1 Å². The summed E-state index contributed by atoms with van der Waals surface area (Å²) in [7, 11) is 0. The van der Waals surface area contributed by atoms with Gasteiger partial charge in [0.15, 0.2) is 0 Å². The smallest absolute Gasteiger partial charge is 0.329 e. The number of imidazole rings is 1. The van der Waals surface area contributed by atoms with Crippen molar-refractivity contribution in [1.29, 1.82) is 0 Å². The summed E-state index contributed by atoms with van der Waals surface area (Å²) in [5.41, 5.74) is 2.93. The molecule has 0 spiro atoms. The van der Waals surface area contributed by atoms with E-state index in [4.69, 9.17) is 11.6 Å². The molecule has 0 radical (unpaired) electrons. The number of para-hydroxylation sites is 2. The maximum Gasteiger partial charge on any atom is 0.329 e. The maximum absolute atomic E-state index is 12.8. The van der Waals surface area contributed by atoms with Gasteiger partial charge in [-0.1, -0.05) is 29.8 Å². The Bertz CT molecular complexity index is 1010. The Balaban J connectivity index is 1.42. The zero-order valence-electron chi connectivity index (χ0n) is 15.8. The molecule has 4 rings (SSSR count). The zero-order valence-corrected chi connectivity index (χ0v) is 16.6. The van der Waals surface area contributed by atoms with Crippen LogP contribution in [0.2, 0.25) is 5.02 Å². The van der Waals surface area contributed by atoms with Gasteiger partial charge in [0.25, 0.3) is 0 Å². The summed E-state index contributed by atoms with van der Waals surface area (Å²) in [6.45, 7) is 5.56. The number of piperazine rings is 1. The number of halogens is 1. The Hall–Kier alpha value is -2.28. The van der Waals surface area contributed by atoms with Gasteiger partial charge in [-0.05, 0) is 30.3 Å². The van der Waals surface area contributed by atoms with Crippen LogP contribution in [-0.2, 0) is 13.1 Å². The second kappa shape index (κ2) is 8.39. The first kappa shape index (κ1) is 19.1. The molecule has 1 aliphatic heterocycles. The van der Waals surface area contributed by atoms with E-state index in [1.807, 2.05) is 47.0 Å². The monoisotopic (exact) mass is 400 g/mol. The van der Waals surface area contributed by atoms with E-state index < -0.39 is 0 Å². The number of aromatic nitrogens is 2. The van der Waals surface area contributed by atoms with Crippen molar-refractivity contribution in [2.45, 2.75) is 13.1 Å². The van der Waals surface area contributed by atoms with Gasteiger partial charge in [0.05, 0.1) is 24.2 Å². The van der Waals surface area contributed by atoms with E-state index in [0.717, 1.165) is 54.5 Å². The summed E-state index contributed by atoms with van der Waals surface area (Å²) in [5.74, 6) is 0. The van der Waals surface area contributed by atoms with Crippen LogP contribution in [0.15, 0.2) is 53.3 Å². The molecule has 2 heterocycles. The first-order valence-electron chi connectivity index (χ1n) is 9.69. The molecule has 28 heavy (non-hydrogen) atoms. The van der Waals surface area contributed by atoms with Gasteiger partial charge in [-0.25, -0.2) is 4.79 Å². The number of hydrogen-bond donors (Lipinski definition) is 1. The van der Waals surface area contributed by atoms with Crippen LogP contribution in [0.4, 0.5) is 5.69 Å². The molecule has 0 atom stereocenters. The van der Waals surface area contributed by atoms with Crippen molar-refractivity contribution in [3.8, 4) is 0 Å². The van der Waals surface area contributed by atoms with Crippen LogP contribution in [0.1, 0.15) is 0 Å². The number of fused-ring (bicyclic) bond motifs is 1. The molecule has 0 amide bonds. The number of benzene rings is 2. The number of hydrogen-bond acceptors (Lipinski definition) is 4. The van der Waals surface area contributed by atoms with E-state index >= 15 is 0 Å². The highest BCUT2D eigenvalue weighted by Crippen LogP contribution is 2.21. The Morgan fingerprint density at radius 2 is 1.54 bits per heavy atom. The molecule has 3 aromatic rings. The van der Waals surface area contributed by atoms with Crippen molar-refractivity contribution >= 4 is 28.3 Å². The van der Waals surface area contributed by atoms with Crippen LogP contribution in [0.25, 0.3) is 11.0 Å². The molecule has 7 heteroatoms. The normalized spacial score (nSPS) is 15.4. The third kappa shape index (κ3) is 3.81. The molecule has 1 aromatic heterocycles. The number of anilines is 1. The Morgan fingerprint density at radius 1 is 0.857 bits per heavy atom. The average molecular weight is 401 g/mol. The average Bonchev–Trinajstić information content (AvgIpc) is 2.98. The molecule has 148 valence electrons.